The number of anilines is 1. The van der Waals surface area contributed by atoms with E-state index in [9.17, 15) is 19.5 Å². The molecule has 0 saturated heterocycles. The number of nitrogens with one attached hydrogen (secondary N) is 1. The van der Waals surface area contributed by atoms with Crippen molar-refractivity contribution < 1.29 is 19.5 Å². The smallest absolute Gasteiger partial charge is 0.225 e. The lowest BCUT2D eigenvalue weighted by Crippen LogP contribution is -2.51. The van der Waals surface area contributed by atoms with Crippen LogP contribution in [0, 0.1) is 11.3 Å². The fourth-order valence-corrected chi connectivity index (χ4v) is 6.03. The Balaban J connectivity index is 1.61. The average Bonchev–Trinajstić information content (AvgIpc) is 2.95. The first-order valence-electron chi connectivity index (χ1n) is 11.4. The van der Waals surface area contributed by atoms with Gasteiger partial charge in [0.2, 0.25) is 5.91 Å². The molecule has 3 aromatic rings. The normalized spacial score (nSPS) is 26.1. The summed E-state index contributed by atoms with van der Waals surface area (Å²) in [5.74, 6) is -1.56. The lowest BCUT2D eigenvalue weighted by molar-refractivity contribution is -0.120. The minimum Gasteiger partial charge on any atom is -0.384 e. The number of carbonyl (C=O) groups is 3. The van der Waals surface area contributed by atoms with Crippen molar-refractivity contribution in [3.63, 3.8) is 0 Å². The van der Waals surface area contributed by atoms with Crippen molar-refractivity contribution in [1.29, 1.82) is 0 Å². The molecule has 1 heterocycles. The van der Waals surface area contributed by atoms with Gasteiger partial charge in [-0.25, -0.2) is 0 Å². The summed E-state index contributed by atoms with van der Waals surface area (Å²) in [6.07, 6.45) is 0.531. The topological polar surface area (TPSA) is 83.5 Å². The molecule has 5 rings (SSSR count). The van der Waals surface area contributed by atoms with E-state index in [-0.39, 0.29) is 36.7 Å². The van der Waals surface area contributed by atoms with E-state index in [4.69, 9.17) is 0 Å². The summed E-state index contributed by atoms with van der Waals surface area (Å²) in [6, 6.07) is 21.3. The summed E-state index contributed by atoms with van der Waals surface area (Å²) < 4.78 is 1.70. The van der Waals surface area contributed by atoms with Crippen molar-refractivity contribution in [2.45, 2.75) is 31.3 Å². The highest BCUT2D eigenvalue weighted by molar-refractivity contribution is 9.10. The van der Waals surface area contributed by atoms with Crippen LogP contribution in [0.15, 0.2) is 81.7 Å². The van der Waals surface area contributed by atoms with Crippen LogP contribution in [-0.2, 0) is 10.4 Å². The maximum Gasteiger partial charge on any atom is 0.225 e. The number of ketones is 2. The molecule has 0 radical (unpaired) electrons. The second-order valence-electron chi connectivity index (χ2n) is 9.44. The summed E-state index contributed by atoms with van der Waals surface area (Å²) in [4.78, 5) is 40.7. The number of hydrogen-bond acceptors (Lipinski definition) is 4. The summed E-state index contributed by atoms with van der Waals surface area (Å²) in [5.41, 5.74) is -0.535. The third-order valence-corrected chi connectivity index (χ3v) is 8.43. The Labute approximate surface area is 220 Å². The predicted molar refractivity (Wildman–Crippen MR) is 140 cm³/mol. The zero-order valence-electron chi connectivity index (χ0n) is 18.8. The van der Waals surface area contributed by atoms with Crippen LogP contribution in [0.1, 0.15) is 52.0 Å². The number of halogens is 2. The molecule has 7 heteroatoms. The molecule has 0 unspecified atom stereocenters. The van der Waals surface area contributed by atoms with Gasteiger partial charge >= 0.3 is 0 Å². The molecule has 2 N–H and O–H groups in total. The highest BCUT2D eigenvalue weighted by Crippen LogP contribution is 2.54. The first-order valence-corrected chi connectivity index (χ1v) is 13.0. The summed E-state index contributed by atoms with van der Waals surface area (Å²) in [6.45, 7) is 0. The molecule has 3 atom stereocenters. The monoisotopic (exact) mass is 595 g/mol. The number of fused-ring (bicyclic) bond motifs is 1. The number of hydrogen-bond donors (Lipinski definition) is 2. The summed E-state index contributed by atoms with van der Waals surface area (Å²) in [5, 5.41) is 14.9. The maximum absolute atomic E-state index is 13.9. The van der Waals surface area contributed by atoms with Crippen LogP contribution in [-0.4, -0.2) is 22.6 Å². The largest absolute Gasteiger partial charge is 0.384 e. The van der Waals surface area contributed by atoms with E-state index in [0.29, 0.717) is 28.8 Å². The Bertz CT molecular complexity index is 1320. The molecule has 1 aliphatic heterocycles. The van der Waals surface area contributed by atoms with Crippen molar-refractivity contribution in [3.05, 3.63) is 98.4 Å². The second-order valence-corrected chi connectivity index (χ2v) is 11.3. The van der Waals surface area contributed by atoms with Crippen LogP contribution in [0.2, 0.25) is 0 Å². The van der Waals surface area contributed by atoms with Gasteiger partial charge in [0.1, 0.15) is 0 Å². The van der Waals surface area contributed by atoms with Crippen LogP contribution >= 0.6 is 31.9 Å². The van der Waals surface area contributed by atoms with E-state index in [0.717, 1.165) is 8.95 Å². The van der Waals surface area contributed by atoms with Gasteiger partial charge in [-0.3, -0.25) is 14.4 Å². The number of Topliss-reactive ketones (excluding diaryl/α,β-unsaturated/α-hetero) is 2. The fraction of sp³-hybridized carbons (Fsp3) is 0.250. The zero-order chi connectivity index (χ0) is 24.8. The zero-order valence-corrected chi connectivity index (χ0v) is 21.9. The molecule has 178 valence electrons. The molecular formula is C28H23Br2NO4. The van der Waals surface area contributed by atoms with Gasteiger partial charge in [0.05, 0.1) is 17.2 Å². The van der Waals surface area contributed by atoms with E-state index < -0.39 is 16.9 Å². The molecule has 35 heavy (non-hydrogen) atoms. The Kier molecular flexibility index (Phi) is 6.28. The van der Waals surface area contributed by atoms with Gasteiger partial charge in [-0.05, 0) is 61.2 Å². The predicted octanol–water partition coefficient (Wildman–Crippen LogP) is 6.29. The summed E-state index contributed by atoms with van der Waals surface area (Å²) >= 11 is 6.83. The average molecular weight is 597 g/mol. The highest BCUT2D eigenvalue weighted by atomic mass is 79.9. The molecule has 1 aliphatic carbocycles. The van der Waals surface area contributed by atoms with Crippen LogP contribution in [0.5, 0.6) is 0 Å². The van der Waals surface area contributed by atoms with Gasteiger partial charge in [0.25, 0.3) is 0 Å². The molecule has 5 nitrogen and oxygen atoms in total. The van der Waals surface area contributed by atoms with E-state index in [1.165, 1.54) is 0 Å². The van der Waals surface area contributed by atoms with E-state index in [2.05, 4.69) is 37.2 Å². The van der Waals surface area contributed by atoms with Crippen LogP contribution < -0.4 is 5.32 Å². The van der Waals surface area contributed by atoms with Crippen molar-refractivity contribution in [1.82, 2.24) is 0 Å². The van der Waals surface area contributed by atoms with E-state index >= 15 is 0 Å². The number of rotatable bonds is 3. The Hall–Kier alpha value is -2.61. The Morgan fingerprint density at radius 3 is 2.20 bits per heavy atom. The minimum atomic E-state index is -1.47. The van der Waals surface area contributed by atoms with Crippen molar-refractivity contribution in [2.24, 2.45) is 11.3 Å². The standard InChI is InChI=1S/C28H23Br2NO4/c29-19-9-5-17(6-10-19)25(33)22-15-27(13-14-28(22,35)18-7-11-20(30)12-8-18)16-24(32)31-23-4-2-1-3-21(23)26(27)34/h1-12,22,35H,13-16H2,(H,31,32)/t22-,27+,28+/m1/s1. The SMILES string of the molecule is O=C1C[C@@]2(CC[C@](O)(c3ccc(Br)cc3)[C@@H](C(=O)c3ccc(Br)cc3)C2)C(=O)c2ccccc2N1. The molecule has 3 aromatic carbocycles. The minimum absolute atomic E-state index is 0.0267. The molecule has 1 spiro atoms. The number of aliphatic hydroxyl groups is 1. The second kappa shape index (κ2) is 9.12. The number of amides is 1. The Morgan fingerprint density at radius 2 is 1.51 bits per heavy atom. The van der Waals surface area contributed by atoms with Gasteiger partial charge in [-0.1, -0.05) is 68.3 Å². The number of para-hydroxylation sites is 1. The molecule has 1 saturated carbocycles. The van der Waals surface area contributed by atoms with Gasteiger partial charge in [0, 0.05) is 31.9 Å². The third-order valence-electron chi connectivity index (χ3n) is 7.37. The van der Waals surface area contributed by atoms with Crippen LogP contribution in [0.4, 0.5) is 5.69 Å². The number of benzene rings is 3. The van der Waals surface area contributed by atoms with Gasteiger partial charge in [-0.2, -0.15) is 0 Å². The molecule has 0 aromatic heterocycles. The van der Waals surface area contributed by atoms with Crippen molar-refractivity contribution in [3.8, 4) is 0 Å². The first-order chi connectivity index (χ1) is 16.7. The molecule has 1 amide bonds. The highest BCUT2D eigenvalue weighted by Gasteiger charge is 2.56. The molecule has 2 aliphatic rings. The van der Waals surface area contributed by atoms with Gasteiger partial charge < -0.3 is 10.4 Å². The molecule has 1 fully saturated rings. The lowest BCUT2D eigenvalue weighted by Gasteiger charge is -2.47. The molecular weight excluding hydrogens is 574 g/mol. The quantitative estimate of drug-likeness (QED) is 0.348. The van der Waals surface area contributed by atoms with Gasteiger partial charge in [-0.15, -0.1) is 0 Å². The lowest BCUT2D eigenvalue weighted by atomic mass is 9.57. The van der Waals surface area contributed by atoms with E-state index in [1.54, 1.807) is 60.7 Å². The Morgan fingerprint density at radius 1 is 0.886 bits per heavy atom. The van der Waals surface area contributed by atoms with Crippen LogP contribution in [0.3, 0.4) is 0 Å². The summed E-state index contributed by atoms with van der Waals surface area (Å²) in [7, 11) is 0. The fourth-order valence-electron chi connectivity index (χ4n) is 5.50. The third kappa shape index (κ3) is 4.30. The maximum atomic E-state index is 13.9. The van der Waals surface area contributed by atoms with Crippen LogP contribution in [0.25, 0.3) is 0 Å². The number of carbonyl (C=O) groups excluding carboxylic acids is 3. The van der Waals surface area contributed by atoms with Gasteiger partial charge in [0.15, 0.2) is 11.6 Å². The van der Waals surface area contributed by atoms with Crippen molar-refractivity contribution >= 4 is 55.0 Å². The van der Waals surface area contributed by atoms with E-state index in [1.807, 2.05) is 12.1 Å². The van der Waals surface area contributed by atoms with Crippen molar-refractivity contribution in [2.75, 3.05) is 5.32 Å². The first kappa shape index (κ1) is 24.1. The molecule has 0 bridgehead atoms.